The van der Waals surface area contributed by atoms with E-state index in [9.17, 15) is 9.18 Å². The maximum atomic E-state index is 12.7. The van der Waals surface area contributed by atoms with Crippen LogP contribution in [0.1, 0.15) is 11.6 Å². The average molecular weight is 204 g/mol. The first kappa shape index (κ1) is 9.95. The van der Waals surface area contributed by atoms with Gasteiger partial charge in [-0.3, -0.25) is 4.79 Å². The van der Waals surface area contributed by atoms with Crippen LogP contribution in [-0.4, -0.2) is 11.1 Å². The quantitative estimate of drug-likeness (QED) is 0.767. The Hall–Kier alpha value is -1.13. The molecule has 0 heterocycles. The molecule has 3 nitrogen and oxygen atoms in total. The first-order valence-electron chi connectivity index (χ1n) is 3.45. The van der Waals surface area contributed by atoms with Crippen molar-refractivity contribution in [3.05, 3.63) is 34.6 Å². The molecule has 0 unspecified atom stereocenters. The summed E-state index contributed by atoms with van der Waals surface area (Å²) in [5.74, 6) is -1.82. The van der Waals surface area contributed by atoms with E-state index in [2.05, 4.69) is 0 Å². The zero-order valence-corrected chi connectivity index (χ0v) is 7.25. The predicted molar refractivity (Wildman–Crippen MR) is 46.0 cm³/mol. The number of carboxylic acids is 1. The van der Waals surface area contributed by atoms with Gasteiger partial charge in [0.2, 0.25) is 0 Å². The molecule has 0 aliphatic carbocycles. The van der Waals surface area contributed by atoms with Gasteiger partial charge in [-0.2, -0.15) is 0 Å². The predicted octanol–water partition coefficient (Wildman–Crippen LogP) is 1.56. The summed E-state index contributed by atoms with van der Waals surface area (Å²) >= 11 is 5.51. The lowest BCUT2D eigenvalue weighted by Crippen LogP contribution is -2.20. The number of nitrogens with two attached hydrogens (primary N) is 1. The Morgan fingerprint density at radius 3 is 2.62 bits per heavy atom. The first-order chi connectivity index (χ1) is 6.00. The van der Waals surface area contributed by atoms with Crippen molar-refractivity contribution in [2.75, 3.05) is 0 Å². The topological polar surface area (TPSA) is 63.3 Å². The van der Waals surface area contributed by atoms with Gasteiger partial charge >= 0.3 is 5.97 Å². The highest BCUT2D eigenvalue weighted by molar-refractivity contribution is 6.30. The summed E-state index contributed by atoms with van der Waals surface area (Å²) in [5, 5.41) is 8.66. The third-order valence-electron chi connectivity index (χ3n) is 1.51. The second-order valence-corrected chi connectivity index (χ2v) is 2.96. The summed E-state index contributed by atoms with van der Waals surface area (Å²) in [6.45, 7) is 0. The van der Waals surface area contributed by atoms with E-state index >= 15 is 0 Å². The molecular weight excluding hydrogens is 197 g/mol. The molecule has 0 aromatic heterocycles. The molecule has 0 saturated heterocycles. The molecule has 0 aliphatic rings. The van der Waals surface area contributed by atoms with Gasteiger partial charge in [-0.05, 0) is 23.8 Å². The van der Waals surface area contributed by atoms with E-state index in [1.165, 1.54) is 6.07 Å². The van der Waals surface area contributed by atoms with Gasteiger partial charge in [0.1, 0.15) is 11.9 Å². The standard InChI is InChI=1S/C8H7ClFNO2/c9-5-1-4(2-6(10)3-5)7(11)8(12)13/h1-3,7H,11H2,(H,12,13)/t7-/m1/s1. The second kappa shape index (κ2) is 3.72. The molecule has 1 aromatic rings. The molecule has 13 heavy (non-hydrogen) atoms. The molecule has 0 fully saturated rings. The summed E-state index contributed by atoms with van der Waals surface area (Å²) in [6, 6.07) is 2.21. The van der Waals surface area contributed by atoms with Crippen LogP contribution in [0.2, 0.25) is 5.02 Å². The molecule has 0 spiro atoms. The number of hydrogen-bond donors (Lipinski definition) is 2. The van der Waals surface area contributed by atoms with E-state index in [0.717, 1.165) is 12.1 Å². The Morgan fingerprint density at radius 1 is 1.54 bits per heavy atom. The Bertz CT molecular complexity index is 323. The maximum absolute atomic E-state index is 12.7. The molecule has 1 atom stereocenters. The van der Waals surface area contributed by atoms with Crippen LogP contribution >= 0.6 is 11.6 Å². The molecule has 1 aromatic carbocycles. The zero-order chi connectivity index (χ0) is 10.0. The summed E-state index contributed by atoms with van der Waals surface area (Å²) in [4.78, 5) is 10.4. The van der Waals surface area contributed by atoms with Gasteiger partial charge in [-0.25, -0.2) is 4.39 Å². The summed E-state index contributed by atoms with van der Waals surface area (Å²) in [6.07, 6.45) is 0. The van der Waals surface area contributed by atoms with Crippen LogP contribution in [0.25, 0.3) is 0 Å². The first-order valence-corrected chi connectivity index (χ1v) is 3.83. The fourth-order valence-electron chi connectivity index (χ4n) is 0.897. The van der Waals surface area contributed by atoms with Crippen molar-refractivity contribution in [3.63, 3.8) is 0 Å². The zero-order valence-electron chi connectivity index (χ0n) is 6.50. The van der Waals surface area contributed by atoms with Gasteiger partial charge in [-0.1, -0.05) is 11.6 Å². The third-order valence-corrected chi connectivity index (χ3v) is 1.73. The van der Waals surface area contributed by atoms with Crippen LogP contribution in [0, 0.1) is 5.82 Å². The van der Waals surface area contributed by atoms with Crippen LogP contribution in [0.15, 0.2) is 18.2 Å². The lowest BCUT2D eigenvalue weighted by molar-refractivity contribution is -0.138. The number of halogens is 2. The Balaban J connectivity index is 3.07. The monoisotopic (exact) mass is 203 g/mol. The van der Waals surface area contributed by atoms with Crippen LogP contribution in [0.4, 0.5) is 4.39 Å². The minimum atomic E-state index is -1.24. The van der Waals surface area contributed by atoms with Crippen molar-refractivity contribution >= 4 is 17.6 Å². The molecule has 0 amide bonds. The highest BCUT2D eigenvalue weighted by Crippen LogP contribution is 2.18. The molecule has 70 valence electrons. The van der Waals surface area contributed by atoms with E-state index < -0.39 is 17.8 Å². The normalized spacial score (nSPS) is 12.5. The largest absolute Gasteiger partial charge is 0.480 e. The van der Waals surface area contributed by atoms with Gasteiger partial charge in [0.15, 0.2) is 0 Å². The highest BCUT2D eigenvalue weighted by atomic mass is 35.5. The van der Waals surface area contributed by atoms with E-state index in [1.807, 2.05) is 0 Å². The average Bonchev–Trinajstić information content (AvgIpc) is 2.01. The Kier molecular flexibility index (Phi) is 2.85. The van der Waals surface area contributed by atoms with Crippen LogP contribution in [0.3, 0.4) is 0 Å². The Labute approximate surface area is 78.9 Å². The summed E-state index contributed by atoms with van der Waals surface area (Å²) < 4.78 is 12.7. The van der Waals surface area contributed by atoms with Crippen LogP contribution in [0.5, 0.6) is 0 Å². The SMILES string of the molecule is N[C@@H](C(=O)O)c1cc(F)cc(Cl)c1. The van der Waals surface area contributed by atoms with Crippen LogP contribution < -0.4 is 5.73 Å². The van der Waals surface area contributed by atoms with Crippen molar-refractivity contribution in [1.29, 1.82) is 0 Å². The fraction of sp³-hybridized carbons (Fsp3) is 0.125. The minimum Gasteiger partial charge on any atom is -0.480 e. The fourth-order valence-corrected chi connectivity index (χ4v) is 1.13. The van der Waals surface area contributed by atoms with Crippen molar-refractivity contribution < 1.29 is 14.3 Å². The minimum absolute atomic E-state index is 0.131. The smallest absolute Gasteiger partial charge is 0.325 e. The van der Waals surface area contributed by atoms with Gasteiger partial charge in [0.25, 0.3) is 0 Å². The molecule has 1 rings (SSSR count). The van der Waals surface area contributed by atoms with E-state index in [0.29, 0.717) is 0 Å². The lowest BCUT2D eigenvalue weighted by atomic mass is 10.1. The summed E-state index contributed by atoms with van der Waals surface area (Å²) in [5.41, 5.74) is 5.40. The van der Waals surface area contributed by atoms with E-state index in [4.69, 9.17) is 22.4 Å². The molecule has 5 heteroatoms. The lowest BCUT2D eigenvalue weighted by Gasteiger charge is -2.06. The van der Waals surface area contributed by atoms with Crippen molar-refractivity contribution in [3.8, 4) is 0 Å². The van der Waals surface area contributed by atoms with Gasteiger partial charge in [0.05, 0.1) is 0 Å². The molecule has 0 aliphatic heterocycles. The van der Waals surface area contributed by atoms with E-state index in [1.54, 1.807) is 0 Å². The van der Waals surface area contributed by atoms with Crippen molar-refractivity contribution in [2.45, 2.75) is 6.04 Å². The molecular formula is C8H7ClFNO2. The summed E-state index contributed by atoms with van der Waals surface area (Å²) in [7, 11) is 0. The van der Waals surface area contributed by atoms with Crippen molar-refractivity contribution in [2.24, 2.45) is 5.73 Å². The second-order valence-electron chi connectivity index (χ2n) is 2.52. The number of hydrogen-bond acceptors (Lipinski definition) is 2. The number of carboxylic acid groups (broad SMARTS) is 1. The number of carbonyl (C=O) groups is 1. The van der Waals surface area contributed by atoms with Gasteiger partial charge in [-0.15, -0.1) is 0 Å². The molecule has 0 bridgehead atoms. The van der Waals surface area contributed by atoms with Gasteiger partial charge < -0.3 is 10.8 Å². The highest BCUT2D eigenvalue weighted by Gasteiger charge is 2.15. The number of rotatable bonds is 2. The third kappa shape index (κ3) is 2.40. The number of benzene rings is 1. The molecule has 0 saturated carbocycles. The number of aliphatic carboxylic acids is 1. The van der Waals surface area contributed by atoms with Gasteiger partial charge in [0, 0.05) is 5.02 Å². The van der Waals surface area contributed by atoms with Crippen LogP contribution in [-0.2, 0) is 4.79 Å². The van der Waals surface area contributed by atoms with E-state index in [-0.39, 0.29) is 10.6 Å². The Morgan fingerprint density at radius 2 is 2.15 bits per heavy atom. The maximum Gasteiger partial charge on any atom is 0.325 e. The molecule has 0 radical (unpaired) electrons. The van der Waals surface area contributed by atoms with Crippen molar-refractivity contribution in [1.82, 2.24) is 0 Å². The molecule has 3 N–H and O–H groups in total.